The van der Waals surface area contributed by atoms with Gasteiger partial charge in [0.1, 0.15) is 11.5 Å². The van der Waals surface area contributed by atoms with E-state index in [1.54, 1.807) is 43.4 Å². The van der Waals surface area contributed by atoms with Crippen molar-refractivity contribution < 1.29 is 23.8 Å². The molecule has 2 aromatic carbocycles. The summed E-state index contributed by atoms with van der Waals surface area (Å²) in [6, 6.07) is 15.7. The van der Waals surface area contributed by atoms with Crippen LogP contribution in [0.15, 0.2) is 54.6 Å². The molecule has 0 aromatic heterocycles. The maximum absolute atomic E-state index is 12.4. The second-order valence-electron chi connectivity index (χ2n) is 7.56. The summed E-state index contributed by atoms with van der Waals surface area (Å²) in [6.07, 6.45) is 5.86. The van der Waals surface area contributed by atoms with Gasteiger partial charge in [-0.15, -0.1) is 0 Å². The van der Waals surface area contributed by atoms with Crippen LogP contribution in [0.3, 0.4) is 0 Å². The molecule has 1 saturated heterocycles. The predicted molar refractivity (Wildman–Crippen MR) is 119 cm³/mol. The molecule has 0 saturated carbocycles. The third kappa shape index (κ3) is 6.60. The molecule has 0 bridgehead atoms. The van der Waals surface area contributed by atoms with E-state index in [0.717, 1.165) is 19.3 Å². The zero-order valence-electron chi connectivity index (χ0n) is 18.1. The molecule has 31 heavy (non-hydrogen) atoms. The predicted octanol–water partition coefficient (Wildman–Crippen LogP) is 3.74. The summed E-state index contributed by atoms with van der Waals surface area (Å²) in [7, 11) is 3.12. The first kappa shape index (κ1) is 22.4. The van der Waals surface area contributed by atoms with Crippen LogP contribution in [0, 0.1) is 5.92 Å². The van der Waals surface area contributed by atoms with Crippen molar-refractivity contribution in [3.63, 3.8) is 0 Å². The number of likely N-dealkylation sites (tertiary alicyclic amines) is 1. The van der Waals surface area contributed by atoms with Gasteiger partial charge in [0.2, 0.25) is 0 Å². The fourth-order valence-corrected chi connectivity index (χ4v) is 3.72. The van der Waals surface area contributed by atoms with E-state index in [2.05, 4.69) is 24.3 Å². The largest absolute Gasteiger partial charge is 0.497 e. The Hall–Kier alpha value is -3.28. The second kappa shape index (κ2) is 11.2. The minimum absolute atomic E-state index is 0.151. The second-order valence-corrected chi connectivity index (χ2v) is 7.56. The molecule has 1 heterocycles. The lowest BCUT2D eigenvalue weighted by Crippen LogP contribution is -2.41. The molecule has 1 fully saturated rings. The highest BCUT2D eigenvalue weighted by molar-refractivity contribution is 5.89. The van der Waals surface area contributed by atoms with Crippen LogP contribution < -0.4 is 9.47 Å². The third-order valence-electron chi connectivity index (χ3n) is 5.51. The summed E-state index contributed by atoms with van der Waals surface area (Å²) in [5.74, 6) is 1.11. The highest BCUT2D eigenvalue weighted by Crippen LogP contribution is 2.25. The number of hydrogen-bond acceptors (Lipinski definition) is 5. The van der Waals surface area contributed by atoms with E-state index in [1.165, 1.54) is 11.6 Å². The molecular weight excluding hydrogens is 394 g/mol. The fourth-order valence-electron chi connectivity index (χ4n) is 3.72. The quantitative estimate of drug-likeness (QED) is 0.478. The monoisotopic (exact) mass is 423 g/mol. The van der Waals surface area contributed by atoms with Crippen LogP contribution in [-0.2, 0) is 20.7 Å². The van der Waals surface area contributed by atoms with Crippen molar-refractivity contribution in [2.45, 2.75) is 19.3 Å². The van der Waals surface area contributed by atoms with E-state index in [4.69, 9.17) is 14.2 Å². The van der Waals surface area contributed by atoms with E-state index in [9.17, 15) is 9.59 Å². The smallest absolute Gasteiger partial charge is 0.331 e. The maximum Gasteiger partial charge on any atom is 0.331 e. The molecule has 164 valence electrons. The minimum Gasteiger partial charge on any atom is -0.497 e. The maximum atomic E-state index is 12.4. The zero-order valence-corrected chi connectivity index (χ0v) is 18.1. The van der Waals surface area contributed by atoms with Crippen molar-refractivity contribution in [3.8, 4) is 11.5 Å². The standard InChI is InChI=1S/C25H29NO5/c1-29-22-10-8-21(23(17-22)30-2)9-11-25(28)31-18-24(27)26-14-12-20(13-15-26)16-19-6-4-3-5-7-19/h3-11,17,20H,12-16,18H2,1-2H3. The van der Waals surface area contributed by atoms with E-state index in [0.29, 0.717) is 36.1 Å². The van der Waals surface area contributed by atoms with Gasteiger partial charge in [-0.25, -0.2) is 4.79 Å². The van der Waals surface area contributed by atoms with Crippen molar-refractivity contribution in [2.75, 3.05) is 33.9 Å². The number of amides is 1. The van der Waals surface area contributed by atoms with Crippen LogP contribution in [-0.4, -0.2) is 50.7 Å². The van der Waals surface area contributed by atoms with Gasteiger partial charge in [-0.05, 0) is 49.0 Å². The molecule has 0 aliphatic carbocycles. The Morgan fingerprint density at radius 2 is 1.77 bits per heavy atom. The van der Waals surface area contributed by atoms with Gasteiger partial charge in [-0.1, -0.05) is 30.3 Å². The van der Waals surface area contributed by atoms with Crippen LogP contribution in [0.25, 0.3) is 6.08 Å². The topological polar surface area (TPSA) is 65.1 Å². The molecule has 2 aromatic rings. The van der Waals surface area contributed by atoms with Crippen molar-refractivity contribution >= 4 is 18.0 Å². The number of rotatable bonds is 8. The molecule has 1 aliphatic heterocycles. The normalized spacial score (nSPS) is 14.5. The molecule has 0 unspecified atom stereocenters. The van der Waals surface area contributed by atoms with Gasteiger partial charge in [-0.3, -0.25) is 4.79 Å². The molecular formula is C25H29NO5. The van der Waals surface area contributed by atoms with Gasteiger partial charge in [0.15, 0.2) is 6.61 Å². The summed E-state index contributed by atoms with van der Waals surface area (Å²) in [5.41, 5.74) is 2.05. The minimum atomic E-state index is -0.565. The molecule has 6 heteroatoms. The Balaban J connectivity index is 1.42. The van der Waals surface area contributed by atoms with Gasteiger partial charge < -0.3 is 19.1 Å². The Kier molecular flexibility index (Phi) is 8.10. The van der Waals surface area contributed by atoms with Gasteiger partial charge in [-0.2, -0.15) is 0 Å². The van der Waals surface area contributed by atoms with Crippen LogP contribution in [0.5, 0.6) is 11.5 Å². The average molecular weight is 424 g/mol. The number of carbonyl (C=O) groups is 2. The van der Waals surface area contributed by atoms with E-state index < -0.39 is 5.97 Å². The van der Waals surface area contributed by atoms with Gasteiger partial charge >= 0.3 is 5.97 Å². The Morgan fingerprint density at radius 1 is 1.03 bits per heavy atom. The summed E-state index contributed by atoms with van der Waals surface area (Å²) < 4.78 is 15.6. The summed E-state index contributed by atoms with van der Waals surface area (Å²) in [5, 5.41) is 0. The van der Waals surface area contributed by atoms with Crippen molar-refractivity contribution in [1.29, 1.82) is 0 Å². The lowest BCUT2D eigenvalue weighted by molar-refractivity contribution is -0.148. The van der Waals surface area contributed by atoms with Crippen LogP contribution in [0.2, 0.25) is 0 Å². The zero-order chi connectivity index (χ0) is 22.1. The highest BCUT2D eigenvalue weighted by Gasteiger charge is 2.23. The molecule has 0 spiro atoms. The SMILES string of the molecule is COc1ccc(C=CC(=O)OCC(=O)N2CCC(Cc3ccccc3)CC2)c(OC)c1. The van der Waals surface area contributed by atoms with Gasteiger partial charge in [0, 0.05) is 30.8 Å². The molecule has 3 rings (SSSR count). The molecule has 0 radical (unpaired) electrons. The first-order valence-electron chi connectivity index (χ1n) is 10.5. The summed E-state index contributed by atoms with van der Waals surface area (Å²) in [6.45, 7) is 1.16. The van der Waals surface area contributed by atoms with Crippen molar-refractivity contribution in [3.05, 3.63) is 65.7 Å². The number of ether oxygens (including phenoxy) is 3. The molecule has 6 nitrogen and oxygen atoms in total. The lowest BCUT2D eigenvalue weighted by Gasteiger charge is -2.32. The molecule has 0 N–H and O–H groups in total. The number of piperidine rings is 1. The summed E-state index contributed by atoms with van der Waals surface area (Å²) in [4.78, 5) is 26.2. The average Bonchev–Trinajstić information content (AvgIpc) is 2.82. The van der Waals surface area contributed by atoms with Crippen LogP contribution >= 0.6 is 0 Å². The highest BCUT2D eigenvalue weighted by atomic mass is 16.5. The Bertz CT molecular complexity index is 901. The van der Waals surface area contributed by atoms with Crippen LogP contribution in [0.4, 0.5) is 0 Å². The number of benzene rings is 2. The first-order valence-corrected chi connectivity index (χ1v) is 10.5. The summed E-state index contributed by atoms with van der Waals surface area (Å²) >= 11 is 0. The Morgan fingerprint density at radius 3 is 2.45 bits per heavy atom. The van der Waals surface area contributed by atoms with Gasteiger partial charge in [0.05, 0.1) is 14.2 Å². The third-order valence-corrected chi connectivity index (χ3v) is 5.51. The number of esters is 1. The first-order chi connectivity index (χ1) is 15.1. The van der Waals surface area contributed by atoms with Crippen molar-refractivity contribution in [2.24, 2.45) is 5.92 Å². The van der Waals surface area contributed by atoms with E-state index >= 15 is 0 Å². The van der Waals surface area contributed by atoms with Gasteiger partial charge in [0.25, 0.3) is 5.91 Å². The fraction of sp³-hybridized carbons (Fsp3) is 0.360. The number of methoxy groups -OCH3 is 2. The van der Waals surface area contributed by atoms with E-state index in [-0.39, 0.29) is 12.5 Å². The lowest BCUT2D eigenvalue weighted by atomic mass is 9.90. The number of carbonyl (C=O) groups excluding carboxylic acids is 2. The molecule has 0 atom stereocenters. The molecule has 1 aliphatic rings. The van der Waals surface area contributed by atoms with Crippen LogP contribution in [0.1, 0.15) is 24.0 Å². The van der Waals surface area contributed by atoms with E-state index in [1.807, 2.05) is 6.07 Å². The molecule has 1 amide bonds. The van der Waals surface area contributed by atoms with Crippen molar-refractivity contribution in [1.82, 2.24) is 4.90 Å². The number of nitrogens with zero attached hydrogens (tertiary/aromatic N) is 1. The number of hydrogen-bond donors (Lipinski definition) is 0. The Labute approximate surface area is 183 Å².